The van der Waals surface area contributed by atoms with Gasteiger partial charge in [-0.2, -0.15) is 0 Å². The van der Waals surface area contributed by atoms with Crippen LogP contribution in [0.25, 0.3) is 0 Å². The molecule has 0 saturated heterocycles. The molecule has 1 aliphatic carbocycles. The van der Waals surface area contributed by atoms with E-state index in [0.29, 0.717) is 18.9 Å². The highest BCUT2D eigenvalue weighted by Crippen LogP contribution is 2.26. The van der Waals surface area contributed by atoms with Crippen molar-refractivity contribution in [2.75, 3.05) is 0 Å². The van der Waals surface area contributed by atoms with Gasteiger partial charge in [-0.05, 0) is 30.9 Å². The third kappa shape index (κ3) is 4.06. The van der Waals surface area contributed by atoms with Crippen molar-refractivity contribution in [2.24, 2.45) is 11.7 Å². The second kappa shape index (κ2) is 6.67. The maximum atomic E-state index is 11.6. The SMILES string of the molecule is Cl.N[C@@H]1CCC[C@H]1CC(=O)NCc1ccco1. The molecule has 1 aliphatic rings. The summed E-state index contributed by atoms with van der Waals surface area (Å²) in [5, 5.41) is 2.84. The van der Waals surface area contributed by atoms with Gasteiger partial charge in [0.15, 0.2) is 0 Å². The molecule has 1 heterocycles. The molecule has 3 N–H and O–H groups in total. The first kappa shape index (κ1) is 14.1. The summed E-state index contributed by atoms with van der Waals surface area (Å²) in [6.45, 7) is 0.466. The summed E-state index contributed by atoms with van der Waals surface area (Å²) in [7, 11) is 0. The Morgan fingerprint density at radius 3 is 2.94 bits per heavy atom. The first-order valence-corrected chi connectivity index (χ1v) is 5.80. The Labute approximate surface area is 107 Å². The van der Waals surface area contributed by atoms with Crippen LogP contribution in [0.4, 0.5) is 0 Å². The molecular formula is C12H19ClN2O2. The minimum Gasteiger partial charge on any atom is -0.467 e. The Kier molecular flexibility index (Phi) is 5.51. The topological polar surface area (TPSA) is 68.3 Å². The van der Waals surface area contributed by atoms with Gasteiger partial charge in [0.05, 0.1) is 12.8 Å². The Bertz CT molecular complexity index is 340. The number of amides is 1. The van der Waals surface area contributed by atoms with Crippen LogP contribution in [0.15, 0.2) is 22.8 Å². The van der Waals surface area contributed by atoms with Gasteiger partial charge >= 0.3 is 0 Å². The van der Waals surface area contributed by atoms with E-state index in [0.717, 1.165) is 25.0 Å². The van der Waals surface area contributed by atoms with E-state index in [1.165, 1.54) is 0 Å². The van der Waals surface area contributed by atoms with Gasteiger partial charge in [-0.1, -0.05) is 6.42 Å². The molecule has 0 spiro atoms. The van der Waals surface area contributed by atoms with E-state index < -0.39 is 0 Å². The van der Waals surface area contributed by atoms with Crippen molar-refractivity contribution >= 4 is 18.3 Å². The van der Waals surface area contributed by atoms with E-state index in [9.17, 15) is 4.79 Å². The van der Waals surface area contributed by atoms with E-state index in [-0.39, 0.29) is 24.4 Å². The lowest BCUT2D eigenvalue weighted by Crippen LogP contribution is -2.31. The fourth-order valence-corrected chi connectivity index (χ4v) is 2.23. The normalized spacial score (nSPS) is 23.1. The van der Waals surface area contributed by atoms with Crippen LogP contribution in [0.3, 0.4) is 0 Å². The summed E-state index contributed by atoms with van der Waals surface area (Å²) in [5.41, 5.74) is 5.92. The number of hydrogen-bond acceptors (Lipinski definition) is 3. The van der Waals surface area contributed by atoms with Crippen LogP contribution >= 0.6 is 12.4 Å². The highest BCUT2D eigenvalue weighted by molar-refractivity contribution is 5.85. The molecule has 0 bridgehead atoms. The van der Waals surface area contributed by atoms with E-state index in [1.807, 2.05) is 12.1 Å². The molecule has 1 amide bonds. The molecule has 2 atom stereocenters. The minimum atomic E-state index is 0. The number of rotatable bonds is 4. The molecule has 1 aromatic heterocycles. The summed E-state index contributed by atoms with van der Waals surface area (Å²) >= 11 is 0. The first-order valence-electron chi connectivity index (χ1n) is 5.80. The number of nitrogens with two attached hydrogens (primary N) is 1. The van der Waals surface area contributed by atoms with Gasteiger partial charge in [0.25, 0.3) is 0 Å². The Balaban J connectivity index is 0.00000144. The average Bonchev–Trinajstić information content (AvgIpc) is 2.88. The number of halogens is 1. The molecule has 4 nitrogen and oxygen atoms in total. The van der Waals surface area contributed by atoms with Crippen LogP contribution < -0.4 is 11.1 Å². The van der Waals surface area contributed by atoms with E-state index >= 15 is 0 Å². The number of carbonyl (C=O) groups is 1. The summed E-state index contributed by atoms with van der Waals surface area (Å²) in [6.07, 6.45) is 5.43. The Hall–Kier alpha value is -1.00. The quantitative estimate of drug-likeness (QED) is 0.866. The predicted octanol–water partition coefficient (Wildman–Crippen LogP) is 1.84. The standard InChI is InChI=1S/C12H18N2O2.ClH/c13-11-5-1-3-9(11)7-12(15)14-8-10-4-2-6-16-10;/h2,4,6,9,11H,1,3,5,7-8,13H2,(H,14,15);1H/t9-,11+;/m0./s1. The minimum absolute atomic E-state index is 0. The van der Waals surface area contributed by atoms with E-state index in [4.69, 9.17) is 10.2 Å². The molecular weight excluding hydrogens is 240 g/mol. The maximum Gasteiger partial charge on any atom is 0.220 e. The summed E-state index contributed by atoms with van der Waals surface area (Å²) in [6, 6.07) is 3.87. The third-order valence-electron chi connectivity index (χ3n) is 3.21. The summed E-state index contributed by atoms with van der Waals surface area (Å²) in [4.78, 5) is 11.6. The molecule has 1 aromatic rings. The largest absolute Gasteiger partial charge is 0.467 e. The van der Waals surface area contributed by atoms with Crippen LogP contribution in [0.1, 0.15) is 31.4 Å². The van der Waals surface area contributed by atoms with E-state index in [2.05, 4.69) is 5.32 Å². The summed E-state index contributed by atoms with van der Waals surface area (Å²) in [5.74, 6) is 1.21. The van der Waals surface area contributed by atoms with Crippen molar-refractivity contribution in [3.63, 3.8) is 0 Å². The number of furan rings is 1. The van der Waals surface area contributed by atoms with Gasteiger partial charge in [0.1, 0.15) is 5.76 Å². The molecule has 0 unspecified atom stereocenters. The van der Waals surface area contributed by atoms with Crippen molar-refractivity contribution in [3.8, 4) is 0 Å². The Morgan fingerprint density at radius 2 is 2.35 bits per heavy atom. The zero-order valence-electron chi connectivity index (χ0n) is 9.72. The van der Waals surface area contributed by atoms with Gasteiger partial charge in [-0.15, -0.1) is 12.4 Å². The fourth-order valence-electron chi connectivity index (χ4n) is 2.23. The van der Waals surface area contributed by atoms with Gasteiger partial charge in [0.2, 0.25) is 5.91 Å². The van der Waals surface area contributed by atoms with Crippen LogP contribution in [-0.2, 0) is 11.3 Å². The van der Waals surface area contributed by atoms with Crippen molar-refractivity contribution < 1.29 is 9.21 Å². The van der Waals surface area contributed by atoms with Crippen LogP contribution in [-0.4, -0.2) is 11.9 Å². The lowest BCUT2D eigenvalue weighted by atomic mass is 10.00. The molecule has 17 heavy (non-hydrogen) atoms. The van der Waals surface area contributed by atoms with Crippen LogP contribution in [0.2, 0.25) is 0 Å². The lowest BCUT2D eigenvalue weighted by molar-refractivity contribution is -0.122. The molecule has 96 valence electrons. The smallest absolute Gasteiger partial charge is 0.220 e. The molecule has 1 fully saturated rings. The number of hydrogen-bond donors (Lipinski definition) is 2. The second-order valence-electron chi connectivity index (χ2n) is 4.42. The first-order chi connectivity index (χ1) is 7.75. The maximum absolute atomic E-state index is 11.6. The zero-order chi connectivity index (χ0) is 11.4. The fraction of sp³-hybridized carbons (Fsp3) is 0.583. The van der Waals surface area contributed by atoms with Crippen molar-refractivity contribution in [1.82, 2.24) is 5.32 Å². The Morgan fingerprint density at radius 1 is 1.53 bits per heavy atom. The third-order valence-corrected chi connectivity index (χ3v) is 3.21. The highest BCUT2D eigenvalue weighted by Gasteiger charge is 2.25. The summed E-state index contributed by atoms with van der Waals surface area (Å²) < 4.78 is 5.14. The molecule has 5 heteroatoms. The van der Waals surface area contributed by atoms with Crippen LogP contribution in [0.5, 0.6) is 0 Å². The molecule has 2 rings (SSSR count). The van der Waals surface area contributed by atoms with Gasteiger partial charge in [-0.3, -0.25) is 4.79 Å². The van der Waals surface area contributed by atoms with Gasteiger partial charge < -0.3 is 15.5 Å². The van der Waals surface area contributed by atoms with Gasteiger partial charge in [-0.25, -0.2) is 0 Å². The lowest BCUT2D eigenvalue weighted by Gasteiger charge is -2.14. The number of carbonyl (C=O) groups excluding carboxylic acids is 1. The van der Waals surface area contributed by atoms with E-state index in [1.54, 1.807) is 6.26 Å². The van der Waals surface area contributed by atoms with Crippen molar-refractivity contribution in [2.45, 2.75) is 38.3 Å². The van der Waals surface area contributed by atoms with Gasteiger partial charge in [0, 0.05) is 12.5 Å². The molecule has 1 saturated carbocycles. The number of nitrogens with one attached hydrogen (secondary N) is 1. The monoisotopic (exact) mass is 258 g/mol. The van der Waals surface area contributed by atoms with Crippen molar-refractivity contribution in [1.29, 1.82) is 0 Å². The molecule has 0 aromatic carbocycles. The van der Waals surface area contributed by atoms with Crippen molar-refractivity contribution in [3.05, 3.63) is 24.2 Å². The van der Waals surface area contributed by atoms with Crippen LogP contribution in [0, 0.1) is 5.92 Å². The molecule has 0 radical (unpaired) electrons. The molecule has 0 aliphatic heterocycles. The zero-order valence-corrected chi connectivity index (χ0v) is 10.5. The second-order valence-corrected chi connectivity index (χ2v) is 4.42. The predicted molar refractivity (Wildman–Crippen MR) is 67.7 cm³/mol. The highest BCUT2D eigenvalue weighted by atomic mass is 35.5. The average molecular weight is 259 g/mol.